The van der Waals surface area contributed by atoms with E-state index in [4.69, 9.17) is 10.00 Å². The minimum absolute atomic E-state index is 0.0373. The van der Waals surface area contributed by atoms with Gasteiger partial charge in [-0.05, 0) is 68.1 Å². The van der Waals surface area contributed by atoms with Gasteiger partial charge in [0.15, 0.2) is 0 Å². The van der Waals surface area contributed by atoms with Crippen LogP contribution in [-0.2, 0) is 6.54 Å². The van der Waals surface area contributed by atoms with E-state index < -0.39 is 0 Å². The number of fused-ring (bicyclic) bond motifs is 1. The summed E-state index contributed by atoms with van der Waals surface area (Å²) in [5.74, 6) is 0.502. The number of benzene rings is 2. The lowest BCUT2D eigenvalue weighted by Crippen LogP contribution is -2.22. The average molecular weight is 332 g/mol. The van der Waals surface area contributed by atoms with Gasteiger partial charge in [-0.2, -0.15) is 5.26 Å². The highest BCUT2D eigenvalue weighted by atomic mass is 16.5. The first-order valence-electron chi connectivity index (χ1n) is 8.27. The fourth-order valence-electron chi connectivity index (χ4n) is 2.93. The van der Waals surface area contributed by atoms with Gasteiger partial charge in [-0.1, -0.05) is 12.1 Å². The molecule has 1 unspecified atom stereocenters. The Bertz CT molecular complexity index is 834. The van der Waals surface area contributed by atoms with E-state index in [-0.39, 0.29) is 11.8 Å². The monoisotopic (exact) mass is 332 g/mol. The van der Waals surface area contributed by atoms with Crippen LogP contribution in [-0.4, -0.2) is 12.5 Å². The molecule has 0 fully saturated rings. The van der Waals surface area contributed by atoms with Gasteiger partial charge in [0.25, 0.3) is 5.91 Å². The van der Waals surface area contributed by atoms with E-state index in [1.165, 1.54) is 0 Å². The van der Waals surface area contributed by atoms with Crippen LogP contribution >= 0.6 is 0 Å². The molecule has 126 valence electrons. The van der Waals surface area contributed by atoms with Crippen LogP contribution < -0.4 is 9.64 Å². The van der Waals surface area contributed by atoms with E-state index in [0.29, 0.717) is 36.4 Å². The summed E-state index contributed by atoms with van der Waals surface area (Å²) < 4.78 is 5.66. The Balaban J connectivity index is 1.86. The molecule has 0 saturated heterocycles. The molecule has 2 radical (unpaired) electrons. The van der Waals surface area contributed by atoms with Gasteiger partial charge >= 0.3 is 0 Å². The zero-order valence-electron chi connectivity index (χ0n) is 14.3. The number of nitriles is 1. The Morgan fingerprint density at radius 1 is 1.32 bits per heavy atom. The van der Waals surface area contributed by atoms with Gasteiger partial charge in [0.05, 0.1) is 25.1 Å². The minimum atomic E-state index is -0.165. The normalized spacial score (nSPS) is 14.2. The summed E-state index contributed by atoms with van der Waals surface area (Å²) in [6.45, 7) is 10.6. The third-order valence-corrected chi connectivity index (χ3v) is 4.39. The lowest BCUT2D eigenvalue weighted by atomic mass is 10.0. The van der Waals surface area contributed by atoms with Crippen molar-refractivity contribution in [2.24, 2.45) is 0 Å². The molecule has 2 aromatic rings. The fourth-order valence-corrected chi connectivity index (χ4v) is 2.93. The second kappa shape index (κ2) is 6.98. The Morgan fingerprint density at radius 2 is 2.04 bits per heavy atom. The predicted molar refractivity (Wildman–Crippen MR) is 97.4 cm³/mol. The molecule has 0 bridgehead atoms. The number of anilines is 1. The van der Waals surface area contributed by atoms with Crippen LogP contribution in [0.1, 0.15) is 46.3 Å². The lowest BCUT2D eigenvalue weighted by Gasteiger charge is -2.16. The van der Waals surface area contributed by atoms with Crippen molar-refractivity contribution in [3.63, 3.8) is 0 Å². The number of hydrogen-bond acceptors (Lipinski definition) is 3. The van der Waals surface area contributed by atoms with E-state index >= 15 is 0 Å². The topological polar surface area (TPSA) is 53.3 Å². The Morgan fingerprint density at radius 3 is 2.68 bits per heavy atom. The van der Waals surface area contributed by atoms with Crippen LogP contribution in [0.3, 0.4) is 0 Å². The molecule has 25 heavy (non-hydrogen) atoms. The maximum atomic E-state index is 12.7. The van der Waals surface area contributed by atoms with E-state index in [9.17, 15) is 4.79 Å². The first kappa shape index (κ1) is 17.0. The number of carbonyl (C=O) groups is 1. The van der Waals surface area contributed by atoms with Crippen LogP contribution in [0.2, 0.25) is 0 Å². The highest BCUT2D eigenvalue weighted by molar-refractivity contribution is 6.10. The smallest absolute Gasteiger partial charge is 0.258 e. The highest BCUT2D eigenvalue weighted by Gasteiger charge is 2.29. The predicted octanol–water partition coefficient (Wildman–Crippen LogP) is 4.26. The highest BCUT2D eigenvalue weighted by Crippen LogP contribution is 2.33. The van der Waals surface area contributed by atoms with Crippen molar-refractivity contribution >= 4 is 11.6 Å². The first-order valence-corrected chi connectivity index (χ1v) is 8.27. The van der Waals surface area contributed by atoms with Crippen molar-refractivity contribution in [1.29, 1.82) is 5.26 Å². The molecule has 0 N–H and O–H groups in total. The van der Waals surface area contributed by atoms with Gasteiger partial charge in [-0.25, -0.2) is 0 Å². The summed E-state index contributed by atoms with van der Waals surface area (Å²) >= 11 is 0. The molecule has 0 aliphatic carbocycles. The number of rotatable bonds is 5. The minimum Gasteiger partial charge on any atom is -0.493 e. The zero-order chi connectivity index (χ0) is 18.0. The maximum absolute atomic E-state index is 12.7. The maximum Gasteiger partial charge on any atom is 0.258 e. The summed E-state index contributed by atoms with van der Waals surface area (Å²) in [5, 5.41) is 9.01. The third kappa shape index (κ3) is 3.23. The number of hydrogen-bond donors (Lipinski definition) is 0. The van der Waals surface area contributed by atoms with E-state index in [0.717, 1.165) is 16.8 Å². The Kier molecular flexibility index (Phi) is 4.76. The second-order valence-electron chi connectivity index (χ2n) is 6.15. The summed E-state index contributed by atoms with van der Waals surface area (Å²) in [6.07, 6.45) is 0.676. The Hall–Kier alpha value is -2.80. The third-order valence-electron chi connectivity index (χ3n) is 4.39. The zero-order valence-corrected chi connectivity index (χ0v) is 14.3. The fraction of sp³-hybridized carbons (Fsp3) is 0.238. The molecule has 4 nitrogen and oxygen atoms in total. The van der Waals surface area contributed by atoms with Crippen molar-refractivity contribution in [1.82, 2.24) is 0 Å². The largest absolute Gasteiger partial charge is 0.493 e. The molecule has 2 aromatic carbocycles. The van der Waals surface area contributed by atoms with E-state index in [1.807, 2.05) is 37.3 Å². The SMILES string of the molecule is [CH2]CCOc1cc2c(cc1[CH2])C(=O)N(c1ccc(C(C)C#N)cc1)C2. The Labute approximate surface area is 148 Å². The van der Waals surface area contributed by atoms with Crippen molar-refractivity contribution < 1.29 is 9.53 Å². The van der Waals surface area contributed by atoms with E-state index in [1.54, 1.807) is 11.0 Å². The summed E-state index contributed by atoms with van der Waals surface area (Å²) in [5.41, 5.74) is 4.08. The molecule has 3 rings (SSSR count). The van der Waals surface area contributed by atoms with Crippen molar-refractivity contribution in [3.8, 4) is 11.8 Å². The van der Waals surface area contributed by atoms with Crippen LogP contribution in [0, 0.1) is 25.2 Å². The number of carbonyl (C=O) groups excluding carboxylic acids is 1. The molecule has 0 aromatic heterocycles. The molecular weight excluding hydrogens is 312 g/mol. The van der Waals surface area contributed by atoms with Gasteiger partial charge in [-0.15, -0.1) is 0 Å². The van der Waals surface area contributed by atoms with Crippen LogP contribution in [0.15, 0.2) is 36.4 Å². The molecule has 1 atom stereocenters. The number of nitrogens with zero attached hydrogens (tertiary/aromatic N) is 2. The molecule has 1 amide bonds. The summed E-state index contributed by atoms with van der Waals surface area (Å²) in [7, 11) is 0. The van der Waals surface area contributed by atoms with Gasteiger partial charge in [0.1, 0.15) is 5.75 Å². The number of amides is 1. The molecular formula is C21H20N2O2. The van der Waals surface area contributed by atoms with Crippen molar-refractivity contribution in [2.45, 2.75) is 25.8 Å². The van der Waals surface area contributed by atoms with Crippen molar-refractivity contribution in [2.75, 3.05) is 11.5 Å². The average Bonchev–Trinajstić information content (AvgIpc) is 2.95. The molecule has 0 spiro atoms. The van der Waals surface area contributed by atoms with Gasteiger partial charge in [0, 0.05) is 11.3 Å². The quantitative estimate of drug-likeness (QED) is 0.822. The van der Waals surface area contributed by atoms with Crippen LogP contribution in [0.4, 0.5) is 5.69 Å². The standard InChI is InChI=1S/C21H20N2O2/c1-4-9-25-20-11-17-13-23(21(24)19(17)10-14(20)2)18-7-5-16(6-8-18)15(3)12-22/h5-8,10-11,15H,1-2,4,9,13H2,3H3. The molecule has 1 heterocycles. The lowest BCUT2D eigenvalue weighted by molar-refractivity contribution is 0.0996. The molecule has 0 saturated carbocycles. The first-order chi connectivity index (χ1) is 12.0. The number of ether oxygens (including phenoxy) is 1. The van der Waals surface area contributed by atoms with Crippen LogP contribution in [0.25, 0.3) is 0 Å². The molecule has 4 heteroatoms. The summed E-state index contributed by atoms with van der Waals surface area (Å²) in [6, 6.07) is 13.5. The van der Waals surface area contributed by atoms with Gasteiger partial charge in [-0.3, -0.25) is 4.79 Å². The van der Waals surface area contributed by atoms with Crippen LogP contribution in [0.5, 0.6) is 5.75 Å². The molecule has 1 aliphatic heterocycles. The van der Waals surface area contributed by atoms with Gasteiger partial charge < -0.3 is 9.64 Å². The molecule has 1 aliphatic rings. The van der Waals surface area contributed by atoms with E-state index in [2.05, 4.69) is 19.9 Å². The summed E-state index contributed by atoms with van der Waals surface area (Å²) in [4.78, 5) is 14.5. The van der Waals surface area contributed by atoms with Gasteiger partial charge in [0.2, 0.25) is 0 Å². The second-order valence-corrected chi connectivity index (χ2v) is 6.15. The van der Waals surface area contributed by atoms with Crippen molar-refractivity contribution in [3.05, 3.63) is 72.5 Å².